The Balaban J connectivity index is 1.36. The zero-order chi connectivity index (χ0) is 28.5. The van der Waals surface area contributed by atoms with Gasteiger partial charge in [0.1, 0.15) is 0 Å². The molecule has 4 aromatic rings. The van der Waals surface area contributed by atoms with Crippen LogP contribution in [0.3, 0.4) is 0 Å². The van der Waals surface area contributed by atoms with Gasteiger partial charge in [-0.25, -0.2) is 18.4 Å². The Kier molecular flexibility index (Phi) is 9.63. The number of ketones is 1. The van der Waals surface area contributed by atoms with Gasteiger partial charge < -0.3 is 10.2 Å². The van der Waals surface area contributed by atoms with E-state index in [-0.39, 0.29) is 10.7 Å². The highest BCUT2D eigenvalue weighted by atomic mass is 32.2. The molecule has 208 valence electrons. The largest absolute Gasteiger partial charge is 0.324 e. The fourth-order valence-electron chi connectivity index (χ4n) is 4.24. The Morgan fingerprint density at radius 1 is 0.875 bits per heavy atom. The van der Waals surface area contributed by atoms with E-state index in [0.717, 1.165) is 42.7 Å². The average molecular weight is 558 g/mol. The third-order valence-corrected chi connectivity index (χ3v) is 7.83. The second-order valence-corrected chi connectivity index (χ2v) is 11.5. The molecule has 4 rings (SSSR count). The number of rotatable bonds is 13. The van der Waals surface area contributed by atoms with Crippen molar-refractivity contribution < 1.29 is 13.2 Å². The monoisotopic (exact) mass is 557 g/mol. The molecule has 0 aliphatic carbocycles. The van der Waals surface area contributed by atoms with Crippen LogP contribution >= 0.6 is 0 Å². The maximum atomic E-state index is 12.7. The molecule has 0 bridgehead atoms. The van der Waals surface area contributed by atoms with Crippen molar-refractivity contribution in [3.05, 3.63) is 96.2 Å². The minimum Gasteiger partial charge on any atom is -0.324 e. The number of benzene rings is 3. The number of sulfonamides is 1. The van der Waals surface area contributed by atoms with Crippen LogP contribution in [0.4, 0.5) is 17.3 Å². The van der Waals surface area contributed by atoms with Gasteiger partial charge in [-0.2, -0.15) is 0 Å². The lowest BCUT2D eigenvalue weighted by Crippen LogP contribution is -2.21. The van der Waals surface area contributed by atoms with E-state index in [2.05, 4.69) is 38.9 Å². The smallest absolute Gasteiger partial charge is 0.261 e. The molecule has 0 aliphatic heterocycles. The SMILES string of the molecule is CCCN(C)CCCC(=O)c1ccc(Nc2nccc(-c3ccc(NS(=O)(=O)c4ccc(C)cc4)cc3)n2)cc1. The normalized spacial score (nSPS) is 11.4. The number of nitrogens with zero attached hydrogens (tertiary/aromatic N) is 3. The first-order valence-electron chi connectivity index (χ1n) is 13.4. The molecule has 0 saturated heterocycles. The maximum Gasteiger partial charge on any atom is 0.261 e. The van der Waals surface area contributed by atoms with Gasteiger partial charge in [-0.3, -0.25) is 9.52 Å². The number of carbonyl (C=O) groups is 1. The zero-order valence-electron chi connectivity index (χ0n) is 23.1. The van der Waals surface area contributed by atoms with Gasteiger partial charge in [0, 0.05) is 35.1 Å². The topological polar surface area (TPSA) is 104 Å². The van der Waals surface area contributed by atoms with Crippen LogP contribution in [0.1, 0.15) is 42.1 Å². The number of anilines is 3. The van der Waals surface area contributed by atoms with E-state index >= 15 is 0 Å². The molecule has 8 nitrogen and oxygen atoms in total. The highest BCUT2D eigenvalue weighted by Crippen LogP contribution is 2.23. The minimum absolute atomic E-state index is 0.138. The molecule has 0 aliphatic rings. The van der Waals surface area contributed by atoms with Gasteiger partial charge in [0.25, 0.3) is 10.0 Å². The van der Waals surface area contributed by atoms with Gasteiger partial charge in [0.15, 0.2) is 5.78 Å². The van der Waals surface area contributed by atoms with E-state index in [9.17, 15) is 13.2 Å². The van der Waals surface area contributed by atoms with Crippen molar-refractivity contribution in [3.8, 4) is 11.3 Å². The van der Waals surface area contributed by atoms with Gasteiger partial charge in [0.05, 0.1) is 10.6 Å². The number of nitrogens with one attached hydrogen (secondary N) is 2. The van der Waals surface area contributed by atoms with Crippen LogP contribution in [0.25, 0.3) is 11.3 Å². The Morgan fingerprint density at radius 2 is 1.55 bits per heavy atom. The van der Waals surface area contributed by atoms with E-state index in [0.29, 0.717) is 29.3 Å². The Labute approximate surface area is 236 Å². The summed E-state index contributed by atoms with van der Waals surface area (Å²) in [7, 11) is -1.60. The molecule has 0 saturated carbocycles. The fraction of sp³-hybridized carbons (Fsp3) is 0.258. The molecule has 0 fully saturated rings. The minimum atomic E-state index is -3.68. The predicted molar refractivity (Wildman–Crippen MR) is 161 cm³/mol. The number of aromatic nitrogens is 2. The molecule has 0 radical (unpaired) electrons. The third kappa shape index (κ3) is 7.97. The van der Waals surface area contributed by atoms with Crippen molar-refractivity contribution in [3.63, 3.8) is 0 Å². The summed E-state index contributed by atoms with van der Waals surface area (Å²) in [6.45, 7) is 6.02. The van der Waals surface area contributed by atoms with Gasteiger partial charge in [0.2, 0.25) is 5.95 Å². The van der Waals surface area contributed by atoms with Gasteiger partial charge >= 0.3 is 0 Å². The van der Waals surface area contributed by atoms with E-state index in [4.69, 9.17) is 0 Å². The lowest BCUT2D eigenvalue weighted by Gasteiger charge is -2.14. The predicted octanol–water partition coefficient (Wildman–Crippen LogP) is 6.30. The number of aryl methyl sites for hydroxylation is 1. The molecule has 1 heterocycles. The number of hydrogen-bond acceptors (Lipinski definition) is 7. The van der Waals surface area contributed by atoms with Crippen molar-refractivity contribution in [2.75, 3.05) is 30.2 Å². The van der Waals surface area contributed by atoms with Crippen LogP contribution in [0, 0.1) is 6.92 Å². The van der Waals surface area contributed by atoms with Crippen LogP contribution in [0.15, 0.2) is 90.0 Å². The quantitative estimate of drug-likeness (QED) is 0.186. The highest BCUT2D eigenvalue weighted by molar-refractivity contribution is 7.92. The van der Waals surface area contributed by atoms with Crippen molar-refractivity contribution in [2.45, 2.75) is 38.0 Å². The van der Waals surface area contributed by atoms with E-state index in [1.54, 1.807) is 60.8 Å². The molecule has 0 spiro atoms. The number of Topliss-reactive ketones (excluding diaryl/α,β-unsaturated/α-hetero) is 1. The third-order valence-electron chi connectivity index (χ3n) is 6.43. The zero-order valence-corrected chi connectivity index (χ0v) is 23.9. The number of carbonyl (C=O) groups excluding carboxylic acids is 1. The van der Waals surface area contributed by atoms with Crippen LogP contribution in [0.5, 0.6) is 0 Å². The summed E-state index contributed by atoms with van der Waals surface area (Å²) in [5.41, 5.74) is 4.42. The molecular formula is C31H35N5O3S. The van der Waals surface area contributed by atoms with E-state index in [1.807, 2.05) is 31.2 Å². The molecule has 2 N–H and O–H groups in total. The van der Waals surface area contributed by atoms with Crippen molar-refractivity contribution in [1.29, 1.82) is 0 Å². The molecule has 1 aromatic heterocycles. The standard InChI is InChI=1S/C31H35N5O3S/c1-4-21-36(3)22-5-6-30(37)25-11-13-26(14-12-25)33-31-32-20-19-29(34-31)24-9-15-27(16-10-24)35-40(38,39)28-17-7-23(2)8-18-28/h7-20,35H,4-6,21-22H2,1-3H3,(H,32,33,34). The van der Waals surface area contributed by atoms with Crippen molar-refractivity contribution in [2.24, 2.45) is 0 Å². The molecule has 0 amide bonds. The first-order chi connectivity index (χ1) is 19.2. The Hall–Kier alpha value is -4.08. The second-order valence-electron chi connectivity index (χ2n) is 9.79. The molecule has 3 aromatic carbocycles. The Bertz CT molecular complexity index is 1520. The maximum absolute atomic E-state index is 12.7. The van der Waals surface area contributed by atoms with Crippen LogP contribution < -0.4 is 10.0 Å². The Morgan fingerprint density at radius 3 is 2.23 bits per heavy atom. The summed E-state index contributed by atoms with van der Waals surface area (Å²) in [5.74, 6) is 0.555. The molecule has 0 atom stereocenters. The molecule has 9 heteroatoms. The number of hydrogen-bond donors (Lipinski definition) is 2. The first kappa shape index (κ1) is 28.9. The summed E-state index contributed by atoms with van der Waals surface area (Å²) in [6.07, 6.45) is 4.14. The van der Waals surface area contributed by atoms with Crippen LogP contribution in [-0.4, -0.2) is 49.2 Å². The summed E-state index contributed by atoms with van der Waals surface area (Å²) < 4.78 is 28.0. The van der Waals surface area contributed by atoms with Gasteiger partial charge in [-0.1, -0.05) is 36.8 Å². The summed E-state index contributed by atoms with van der Waals surface area (Å²) >= 11 is 0. The van der Waals surface area contributed by atoms with Crippen molar-refractivity contribution in [1.82, 2.24) is 14.9 Å². The van der Waals surface area contributed by atoms with Crippen LogP contribution in [0.2, 0.25) is 0 Å². The molecular weight excluding hydrogens is 522 g/mol. The lowest BCUT2D eigenvalue weighted by atomic mass is 10.1. The highest BCUT2D eigenvalue weighted by Gasteiger charge is 2.14. The first-order valence-corrected chi connectivity index (χ1v) is 14.8. The van der Waals surface area contributed by atoms with Crippen molar-refractivity contribution >= 4 is 33.1 Å². The second kappa shape index (κ2) is 13.3. The fourth-order valence-corrected chi connectivity index (χ4v) is 5.29. The molecule has 0 unspecified atom stereocenters. The summed E-state index contributed by atoms with van der Waals surface area (Å²) in [4.78, 5) is 23.9. The van der Waals surface area contributed by atoms with Gasteiger partial charge in [-0.05, 0) is 94.5 Å². The summed E-state index contributed by atoms with van der Waals surface area (Å²) in [5, 5.41) is 3.19. The van der Waals surface area contributed by atoms with E-state index < -0.39 is 10.0 Å². The van der Waals surface area contributed by atoms with E-state index in [1.165, 1.54) is 0 Å². The lowest BCUT2D eigenvalue weighted by molar-refractivity contribution is 0.0976. The average Bonchev–Trinajstić information content (AvgIpc) is 2.94. The summed E-state index contributed by atoms with van der Waals surface area (Å²) in [6, 6.07) is 22.8. The molecule has 40 heavy (non-hydrogen) atoms. The van der Waals surface area contributed by atoms with Gasteiger partial charge in [-0.15, -0.1) is 0 Å². The van der Waals surface area contributed by atoms with Crippen LogP contribution in [-0.2, 0) is 10.0 Å².